The summed E-state index contributed by atoms with van der Waals surface area (Å²) in [6, 6.07) is 8.94. The average Bonchev–Trinajstić information content (AvgIpc) is 2.57. The first-order valence-electron chi connectivity index (χ1n) is 7.19. The Balaban J connectivity index is 2.55. The van der Waals surface area contributed by atoms with Gasteiger partial charge in [0.1, 0.15) is 11.5 Å². The minimum Gasteiger partial charge on any atom is -0.506 e. The van der Waals surface area contributed by atoms with Crippen molar-refractivity contribution < 1.29 is 19.8 Å². The molecule has 128 valence electrons. The van der Waals surface area contributed by atoms with Crippen molar-refractivity contribution >= 4 is 40.3 Å². The van der Waals surface area contributed by atoms with Crippen molar-refractivity contribution in [2.24, 2.45) is 0 Å². The number of carbonyl (C=O) groups is 2. The molecule has 25 heavy (non-hydrogen) atoms. The number of rotatable bonds is 6. The molecule has 2 aromatic carbocycles. The molecule has 0 spiro atoms. The van der Waals surface area contributed by atoms with Crippen molar-refractivity contribution in [3.05, 3.63) is 76.3 Å². The van der Waals surface area contributed by atoms with Gasteiger partial charge in [-0.1, -0.05) is 41.9 Å². The molecule has 0 radical (unpaired) electrons. The fourth-order valence-corrected chi connectivity index (χ4v) is 2.50. The molecule has 0 saturated carbocycles. The Morgan fingerprint density at radius 3 is 1.80 bits per heavy atom. The molecule has 0 atom stereocenters. The number of phenolic OH excluding ortho intramolecular Hbond substituents is 2. The molecule has 0 aromatic heterocycles. The number of benzene rings is 2. The average molecular weight is 377 g/mol. The van der Waals surface area contributed by atoms with Crippen LogP contribution in [0.2, 0.25) is 10.0 Å². The molecule has 0 aliphatic heterocycles. The molecule has 2 N–H and O–H groups in total. The van der Waals surface area contributed by atoms with E-state index in [1.165, 1.54) is 30.3 Å². The highest BCUT2D eigenvalue weighted by Gasteiger charge is 2.13. The molecule has 2 rings (SSSR count). The lowest BCUT2D eigenvalue weighted by molar-refractivity contribution is -0.121. The summed E-state index contributed by atoms with van der Waals surface area (Å²) in [7, 11) is 0. The second-order valence-electron chi connectivity index (χ2n) is 5.20. The lowest BCUT2D eigenvalue weighted by atomic mass is 9.95. The second-order valence-corrected chi connectivity index (χ2v) is 6.02. The van der Waals surface area contributed by atoms with Crippen LogP contribution in [0.25, 0.3) is 5.57 Å². The van der Waals surface area contributed by atoms with E-state index >= 15 is 0 Å². The van der Waals surface area contributed by atoms with Crippen LogP contribution in [0.5, 0.6) is 11.5 Å². The smallest absolute Gasteiger partial charge is 0.164 e. The third-order valence-corrected chi connectivity index (χ3v) is 4.00. The van der Waals surface area contributed by atoms with E-state index in [0.717, 1.165) is 6.08 Å². The number of ketones is 2. The maximum absolute atomic E-state index is 12.2. The van der Waals surface area contributed by atoms with Gasteiger partial charge < -0.3 is 10.2 Å². The summed E-state index contributed by atoms with van der Waals surface area (Å²) in [6.45, 7) is 3.34. The predicted octanol–water partition coefficient (Wildman–Crippen LogP) is 4.55. The van der Waals surface area contributed by atoms with Crippen LogP contribution in [0.15, 0.2) is 55.1 Å². The van der Waals surface area contributed by atoms with E-state index < -0.39 is 11.6 Å². The topological polar surface area (TPSA) is 74.6 Å². The van der Waals surface area contributed by atoms with E-state index in [4.69, 9.17) is 23.2 Å². The number of hydrogen-bond donors (Lipinski definition) is 2. The summed E-state index contributed by atoms with van der Waals surface area (Å²) in [4.78, 5) is 23.6. The molecular weight excluding hydrogens is 363 g/mol. The van der Waals surface area contributed by atoms with Crippen molar-refractivity contribution in [1.29, 1.82) is 0 Å². The van der Waals surface area contributed by atoms with E-state index in [1.807, 2.05) is 0 Å². The molecule has 0 heterocycles. The maximum Gasteiger partial charge on any atom is 0.164 e. The van der Waals surface area contributed by atoms with Gasteiger partial charge in [0.05, 0.1) is 16.5 Å². The molecule has 0 fully saturated rings. The summed E-state index contributed by atoms with van der Waals surface area (Å²) >= 11 is 11.9. The molecule has 0 saturated heterocycles. The monoisotopic (exact) mass is 376 g/mol. The van der Waals surface area contributed by atoms with Crippen LogP contribution < -0.4 is 0 Å². The van der Waals surface area contributed by atoms with E-state index in [2.05, 4.69) is 6.58 Å². The van der Waals surface area contributed by atoms with Gasteiger partial charge in [-0.15, -0.1) is 0 Å². The third kappa shape index (κ3) is 4.72. The molecule has 4 nitrogen and oxygen atoms in total. The molecule has 0 aliphatic rings. The van der Waals surface area contributed by atoms with Crippen molar-refractivity contribution in [3.8, 4) is 11.5 Å². The van der Waals surface area contributed by atoms with Gasteiger partial charge in [0.2, 0.25) is 0 Å². The Labute approximate surface area is 154 Å². The van der Waals surface area contributed by atoms with Crippen molar-refractivity contribution in [2.75, 3.05) is 0 Å². The zero-order chi connectivity index (χ0) is 18.6. The minimum atomic E-state index is -0.423. The molecule has 0 bridgehead atoms. The van der Waals surface area contributed by atoms with Gasteiger partial charge in [0.25, 0.3) is 0 Å². The lowest BCUT2D eigenvalue weighted by Gasteiger charge is -2.11. The first-order valence-corrected chi connectivity index (χ1v) is 7.95. The normalized spacial score (nSPS) is 10.2. The maximum atomic E-state index is 12.2. The summed E-state index contributed by atoms with van der Waals surface area (Å²) < 4.78 is 0. The highest BCUT2D eigenvalue weighted by Crippen LogP contribution is 2.33. The SMILES string of the molecule is C=CC(=O)CC(=O)C=C(c1ccc(O)c(Cl)c1)c1ccc(O)c(Cl)c1. The number of carbonyl (C=O) groups excluding carboxylic acids is 2. The highest BCUT2D eigenvalue weighted by molar-refractivity contribution is 6.32. The Kier molecular flexibility index (Phi) is 6.02. The zero-order valence-corrected chi connectivity index (χ0v) is 14.5. The highest BCUT2D eigenvalue weighted by atomic mass is 35.5. The van der Waals surface area contributed by atoms with Crippen molar-refractivity contribution in [3.63, 3.8) is 0 Å². The summed E-state index contributed by atoms with van der Waals surface area (Å²) in [6.07, 6.45) is 2.07. The van der Waals surface area contributed by atoms with Crippen LogP contribution in [0.1, 0.15) is 17.5 Å². The van der Waals surface area contributed by atoms with Gasteiger partial charge in [-0.05, 0) is 53.1 Å². The Bertz CT molecular complexity index is 831. The standard InChI is InChI=1S/C19H14Cl2O4/c1-2-13(22)9-14(23)10-15(11-3-5-18(24)16(20)7-11)12-4-6-19(25)17(21)8-12/h2-8,10,24-25H,1,9H2. The Hall–Kier alpha value is -2.56. The first-order chi connectivity index (χ1) is 11.8. The summed E-state index contributed by atoms with van der Waals surface area (Å²) in [5.41, 5.74) is 1.54. The van der Waals surface area contributed by atoms with Crippen molar-refractivity contribution in [2.45, 2.75) is 6.42 Å². The molecule has 0 amide bonds. The Morgan fingerprint density at radius 1 is 0.920 bits per heavy atom. The van der Waals surface area contributed by atoms with Crippen LogP contribution in [0, 0.1) is 0 Å². The van der Waals surface area contributed by atoms with Crippen LogP contribution in [0.3, 0.4) is 0 Å². The number of allylic oxidation sites excluding steroid dienone is 2. The second kappa shape index (κ2) is 8.01. The van der Waals surface area contributed by atoms with Gasteiger partial charge in [0.15, 0.2) is 11.6 Å². The number of aromatic hydroxyl groups is 2. The number of phenols is 2. The summed E-state index contributed by atoms with van der Waals surface area (Å²) in [5, 5.41) is 19.4. The molecule has 6 heteroatoms. The molecule has 2 aromatic rings. The fourth-order valence-electron chi connectivity index (χ4n) is 2.14. The zero-order valence-electron chi connectivity index (χ0n) is 13.0. The van der Waals surface area contributed by atoms with E-state index in [9.17, 15) is 19.8 Å². The summed E-state index contributed by atoms with van der Waals surface area (Å²) in [5.74, 6) is -1.01. The quantitative estimate of drug-likeness (QED) is 0.572. The van der Waals surface area contributed by atoms with Gasteiger partial charge in [-0.25, -0.2) is 0 Å². The number of hydrogen-bond acceptors (Lipinski definition) is 4. The molecule has 0 unspecified atom stereocenters. The lowest BCUT2D eigenvalue weighted by Crippen LogP contribution is -2.03. The van der Waals surface area contributed by atoms with Crippen LogP contribution in [-0.4, -0.2) is 21.8 Å². The van der Waals surface area contributed by atoms with Crippen LogP contribution in [0.4, 0.5) is 0 Å². The van der Waals surface area contributed by atoms with Gasteiger partial charge >= 0.3 is 0 Å². The van der Waals surface area contributed by atoms with Crippen molar-refractivity contribution in [1.82, 2.24) is 0 Å². The van der Waals surface area contributed by atoms with E-state index in [0.29, 0.717) is 16.7 Å². The van der Waals surface area contributed by atoms with Crippen LogP contribution in [-0.2, 0) is 9.59 Å². The van der Waals surface area contributed by atoms with Crippen LogP contribution >= 0.6 is 23.2 Å². The van der Waals surface area contributed by atoms with Gasteiger partial charge in [0, 0.05) is 0 Å². The molecule has 0 aliphatic carbocycles. The third-order valence-electron chi connectivity index (χ3n) is 3.40. The molecular formula is C19H14Cl2O4. The van der Waals surface area contributed by atoms with E-state index in [-0.39, 0.29) is 28.0 Å². The van der Waals surface area contributed by atoms with Gasteiger partial charge in [-0.3, -0.25) is 9.59 Å². The minimum absolute atomic E-state index is 0.0957. The van der Waals surface area contributed by atoms with E-state index in [1.54, 1.807) is 12.1 Å². The predicted molar refractivity (Wildman–Crippen MR) is 98.1 cm³/mol. The first kappa shape index (κ1) is 18.8. The largest absolute Gasteiger partial charge is 0.506 e. The van der Waals surface area contributed by atoms with Gasteiger partial charge in [-0.2, -0.15) is 0 Å². The number of halogens is 2. The fraction of sp³-hybridized carbons (Fsp3) is 0.0526. The Morgan fingerprint density at radius 2 is 1.40 bits per heavy atom.